The Hall–Kier alpha value is -1.88. The summed E-state index contributed by atoms with van der Waals surface area (Å²) >= 11 is 0. The summed E-state index contributed by atoms with van der Waals surface area (Å²) in [6.45, 7) is 6.93. The number of imide groups is 1. The second-order valence-electron chi connectivity index (χ2n) is 6.99. The summed E-state index contributed by atoms with van der Waals surface area (Å²) in [5, 5.41) is 0. The van der Waals surface area contributed by atoms with Crippen LogP contribution in [0, 0.1) is 11.8 Å². The van der Waals surface area contributed by atoms with E-state index >= 15 is 0 Å². The molecule has 2 heterocycles. The monoisotopic (exact) mass is 330 g/mol. The number of carbonyl (C=O) groups is 2. The molecule has 24 heavy (non-hydrogen) atoms. The van der Waals surface area contributed by atoms with Crippen LogP contribution in [0.5, 0.6) is 0 Å². The van der Waals surface area contributed by atoms with E-state index in [1.165, 1.54) is 10.5 Å². The normalized spacial score (nSPS) is 27.5. The minimum Gasteiger partial charge on any atom is -0.447 e. The van der Waals surface area contributed by atoms with Crippen molar-refractivity contribution in [3.05, 3.63) is 35.9 Å². The summed E-state index contributed by atoms with van der Waals surface area (Å²) in [4.78, 5) is 28.6. The molecule has 0 radical (unpaired) electrons. The quantitative estimate of drug-likeness (QED) is 0.833. The molecular weight excluding hydrogens is 304 g/mol. The van der Waals surface area contributed by atoms with Crippen molar-refractivity contribution in [1.29, 1.82) is 0 Å². The molecule has 2 saturated heterocycles. The van der Waals surface area contributed by atoms with Crippen LogP contribution in [-0.4, -0.2) is 47.5 Å². The summed E-state index contributed by atoms with van der Waals surface area (Å²) in [5.41, 5.74) is 1.25. The summed E-state index contributed by atoms with van der Waals surface area (Å²) in [7, 11) is 0. The maximum absolute atomic E-state index is 13.0. The third-order valence-electron chi connectivity index (χ3n) is 5.07. The molecule has 3 atom stereocenters. The highest BCUT2D eigenvalue weighted by Crippen LogP contribution is 2.29. The largest absolute Gasteiger partial charge is 0.447 e. The second-order valence-corrected chi connectivity index (χ2v) is 6.99. The topological polar surface area (TPSA) is 49.9 Å². The highest BCUT2D eigenvalue weighted by atomic mass is 16.6. The summed E-state index contributed by atoms with van der Waals surface area (Å²) in [6.07, 6.45) is 1.28. The minimum absolute atomic E-state index is 0.0565. The van der Waals surface area contributed by atoms with Gasteiger partial charge >= 0.3 is 6.09 Å². The molecule has 2 aliphatic rings. The van der Waals surface area contributed by atoms with Crippen LogP contribution in [0.25, 0.3) is 0 Å². The van der Waals surface area contributed by atoms with Crippen LogP contribution in [0.1, 0.15) is 32.3 Å². The van der Waals surface area contributed by atoms with Gasteiger partial charge in [0.2, 0.25) is 5.91 Å². The van der Waals surface area contributed by atoms with Crippen molar-refractivity contribution in [3.8, 4) is 0 Å². The molecule has 0 aliphatic carbocycles. The predicted molar refractivity (Wildman–Crippen MR) is 91.3 cm³/mol. The fourth-order valence-corrected chi connectivity index (χ4v) is 3.81. The van der Waals surface area contributed by atoms with Gasteiger partial charge in [-0.15, -0.1) is 0 Å². The number of ether oxygens (including phenoxy) is 1. The Morgan fingerprint density at radius 2 is 2.00 bits per heavy atom. The summed E-state index contributed by atoms with van der Waals surface area (Å²) in [6, 6.07) is 10.2. The fourth-order valence-electron chi connectivity index (χ4n) is 3.81. The van der Waals surface area contributed by atoms with Crippen molar-refractivity contribution >= 4 is 12.0 Å². The average Bonchev–Trinajstić information content (AvgIpc) is 3.11. The number of likely N-dealkylation sites (tertiary alicyclic amines) is 1. The molecule has 0 spiro atoms. The Kier molecular flexibility index (Phi) is 5.19. The zero-order valence-electron chi connectivity index (χ0n) is 14.5. The minimum atomic E-state index is -0.466. The molecule has 0 N–H and O–H groups in total. The Balaban J connectivity index is 1.66. The molecule has 1 aromatic carbocycles. The number of hydrogen-bond acceptors (Lipinski definition) is 4. The highest BCUT2D eigenvalue weighted by molar-refractivity contribution is 5.95. The number of amides is 2. The lowest BCUT2D eigenvalue weighted by Gasteiger charge is -2.24. The van der Waals surface area contributed by atoms with Gasteiger partial charge < -0.3 is 4.74 Å². The third-order valence-corrected chi connectivity index (χ3v) is 5.07. The van der Waals surface area contributed by atoms with Crippen LogP contribution in [0.3, 0.4) is 0 Å². The van der Waals surface area contributed by atoms with Gasteiger partial charge in [-0.3, -0.25) is 9.69 Å². The number of benzene rings is 1. The van der Waals surface area contributed by atoms with Gasteiger partial charge in [-0.2, -0.15) is 0 Å². The highest BCUT2D eigenvalue weighted by Gasteiger charge is 2.44. The van der Waals surface area contributed by atoms with Gasteiger partial charge in [-0.1, -0.05) is 50.6 Å². The van der Waals surface area contributed by atoms with E-state index < -0.39 is 6.09 Å². The van der Waals surface area contributed by atoms with Crippen molar-refractivity contribution in [2.24, 2.45) is 11.8 Å². The smallest absolute Gasteiger partial charge is 0.416 e. The third kappa shape index (κ3) is 3.46. The molecule has 2 fully saturated rings. The Morgan fingerprint density at radius 3 is 2.71 bits per heavy atom. The molecule has 3 unspecified atom stereocenters. The van der Waals surface area contributed by atoms with Crippen molar-refractivity contribution < 1.29 is 14.3 Å². The van der Waals surface area contributed by atoms with Crippen molar-refractivity contribution in [1.82, 2.24) is 9.80 Å². The van der Waals surface area contributed by atoms with E-state index in [1.54, 1.807) is 0 Å². The van der Waals surface area contributed by atoms with Crippen molar-refractivity contribution in [2.45, 2.75) is 39.3 Å². The molecule has 0 aromatic heterocycles. The molecule has 130 valence electrons. The van der Waals surface area contributed by atoms with E-state index in [9.17, 15) is 9.59 Å². The summed E-state index contributed by atoms with van der Waals surface area (Å²) in [5.74, 6) is 0.0645. The molecule has 5 nitrogen and oxygen atoms in total. The van der Waals surface area contributed by atoms with Gasteiger partial charge in [-0.05, 0) is 17.9 Å². The van der Waals surface area contributed by atoms with Crippen LogP contribution in [0.4, 0.5) is 4.79 Å². The Morgan fingerprint density at radius 1 is 1.25 bits per heavy atom. The number of cyclic esters (lactones) is 1. The van der Waals surface area contributed by atoms with Crippen LogP contribution in [0.15, 0.2) is 30.3 Å². The van der Waals surface area contributed by atoms with Crippen LogP contribution in [0.2, 0.25) is 0 Å². The van der Waals surface area contributed by atoms with E-state index in [0.717, 1.165) is 25.9 Å². The first-order valence-electron chi connectivity index (χ1n) is 8.86. The van der Waals surface area contributed by atoms with Crippen molar-refractivity contribution in [2.75, 3.05) is 19.7 Å². The number of rotatable bonds is 5. The Bertz CT molecular complexity index is 590. The van der Waals surface area contributed by atoms with Gasteiger partial charge in [-0.25, -0.2) is 9.69 Å². The lowest BCUT2D eigenvalue weighted by molar-refractivity contribution is -0.134. The maximum atomic E-state index is 13.0. The SMILES string of the molecule is CCCC1COC(=O)N1C(=O)C1CN(Cc2ccccc2)CC1C. The molecular formula is C19H26N2O3. The van der Waals surface area contributed by atoms with Gasteiger partial charge in [0.05, 0.1) is 12.0 Å². The predicted octanol–water partition coefficient (Wildman–Crippen LogP) is 2.90. The van der Waals surface area contributed by atoms with E-state index in [-0.39, 0.29) is 23.8 Å². The standard InChI is InChI=1S/C19H26N2O3/c1-3-7-16-13-24-19(23)21(16)18(22)17-12-20(10-14(17)2)11-15-8-5-4-6-9-15/h4-6,8-9,14,16-17H,3,7,10-13H2,1-2H3. The van der Waals surface area contributed by atoms with E-state index in [0.29, 0.717) is 13.2 Å². The first kappa shape index (κ1) is 17.0. The lowest BCUT2D eigenvalue weighted by Crippen LogP contribution is -2.44. The number of hydrogen-bond donors (Lipinski definition) is 0. The molecule has 2 aliphatic heterocycles. The first-order valence-corrected chi connectivity index (χ1v) is 8.86. The molecule has 3 rings (SSSR count). The lowest BCUT2D eigenvalue weighted by atomic mass is 9.96. The van der Waals surface area contributed by atoms with Crippen LogP contribution < -0.4 is 0 Å². The average molecular weight is 330 g/mol. The van der Waals surface area contributed by atoms with Gasteiger partial charge in [0.1, 0.15) is 6.61 Å². The zero-order chi connectivity index (χ0) is 17.1. The van der Waals surface area contributed by atoms with Gasteiger partial charge in [0.25, 0.3) is 0 Å². The van der Waals surface area contributed by atoms with E-state index in [4.69, 9.17) is 4.74 Å². The Labute approximate surface area is 143 Å². The molecule has 0 saturated carbocycles. The molecule has 1 aromatic rings. The molecule has 5 heteroatoms. The first-order chi connectivity index (χ1) is 11.6. The van der Waals surface area contributed by atoms with Gasteiger partial charge in [0.15, 0.2) is 0 Å². The zero-order valence-corrected chi connectivity index (χ0v) is 14.5. The van der Waals surface area contributed by atoms with Crippen LogP contribution >= 0.6 is 0 Å². The van der Waals surface area contributed by atoms with Crippen LogP contribution in [-0.2, 0) is 16.1 Å². The summed E-state index contributed by atoms with van der Waals surface area (Å²) < 4.78 is 5.12. The maximum Gasteiger partial charge on any atom is 0.416 e. The second kappa shape index (κ2) is 7.34. The van der Waals surface area contributed by atoms with Crippen molar-refractivity contribution in [3.63, 3.8) is 0 Å². The van der Waals surface area contributed by atoms with E-state index in [1.807, 2.05) is 18.2 Å². The molecule has 0 bridgehead atoms. The number of carbonyl (C=O) groups excluding carboxylic acids is 2. The fraction of sp³-hybridized carbons (Fsp3) is 0.579. The van der Waals surface area contributed by atoms with Gasteiger partial charge in [0, 0.05) is 19.6 Å². The van der Waals surface area contributed by atoms with E-state index in [2.05, 4.69) is 30.9 Å². The number of nitrogens with zero attached hydrogens (tertiary/aromatic N) is 2. The molecule has 2 amide bonds.